The van der Waals surface area contributed by atoms with Gasteiger partial charge in [-0.1, -0.05) is 30.3 Å². The fraction of sp³-hybridized carbons (Fsp3) is 0.419. The minimum absolute atomic E-state index is 0.118. The summed E-state index contributed by atoms with van der Waals surface area (Å²) in [5.74, 6) is -0.199. The molecule has 1 saturated carbocycles. The van der Waals surface area contributed by atoms with Gasteiger partial charge >= 0.3 is 12.1 Å². The predicted octanol–water partition coefficient (Wildman–Crippen LogP) is 5.38. The van der Waals surface area contributed by atoms with E-state index in [1.165, 1.54) is 31.2 Å². The topological polar surface area (TPSA) is 67.9 Å². The molecule has 0 aromatic heterocycles. The molecule has 1 aliphatic heterocycles. The van der Waals surface area contributed by atoms with Crippen molar-refractivity contribution in [3.63, 3.8) is 0 Å². The number of rotatable bonds is 8. The van der Waals surface area contributed by atoms with Gasteiger partial charge in [0.2, 0.25) is 5.91 Å². The van der Waals surface area contributed by atoms with Crippen LogP contribution >= 0.6 is 0 Å². The number of fused-ring (bicyclic) bond motifs is 1. The number of alkyl halides is 3. The average molecular weight is 557 g/mol. The van der Waals surface area contributed by atoms with Crippen LogP contribution in [0, 0.1) is 5.92 Å². The third-order valence-corrected chi connectivity index (χ3v) is 7.96. The summed E-state index contributed by atoms with van der Waals surface area (Å²) in [6.07, 6.45) is 1.98. The van der Waals surface area contributed by atoms with E-state index in [4.69, 9.17) is 9.47 Å². The van der Waals surface area contributed by atoms with E-state index in [-0.39, 0.29) is 34.9 Å². The smallest absolute Gasteiger partial charge is 0.416 e. The summed E-state index contributed by atoms with van der Waals surface area (Å²) >= 11 is 0. The van der Waals surface area contributed by atoms with Gasteiger partial charge in [-0.05, 0) is 67.3 Å². The Labute approximate surface area is 232 Å². The van der Waals surface area contributed by atoms with Crippen LogP contribution in [0.4, 0.5) is 13.2 Å². The molecule has 0 radical (unpaired) electrons. The highest BCUT2D eigenvalue weighted by Gasteiger charge is 2.52. The molecule has 0 bridgehead atoms. The zero-order valence-corrected chi connectivity index (χ0v) is 22.7. The minimum Gasteiger partial charge on any atom is -0.427 e. The molecule has 2 aromatic rings. The van der Waals surface area contributed by atoms with Gasteiger partial charge in [-0.3, -0.25) is 14.5 Å². The number of benzene rings is 2. The molecule has 4 unspecified atom stereocenters. The van der Waals surface area contributed by atoms with Crippen molar-refractivity contribution in [2.75, 3.05) is 26.7 Å². The molecule has 1 amide bonds. The molecule has 40 heavy (non-hydrogen) atoms. The zero-order valence-electron chi connectivity index (χ0n) is 22.7. The summed E-state index contributed by atoms with van der Waals surface area (Å²) in [5.41, 5.74) is 0.193. The van der Waals surface area contributed by atoms with Crippen molar-refractivity contribution in [1.29, 1.82) is 0 Å². The van der Waals surface area contributed by atoms with Crippen molar-refractivity contribution in [1.82, 2.24) is 10.2 Å². The maximum atomic E-state index is 13.1. The van der Waals surface area contributed by atoms with Crippen LogP contribution in [0.5, 0.6) is 5.75 Å². The Morgan fingerprint density at radius 1 is 1.20 bits per heavy atom. The Kier molecular flexibility index (Phi) is 9.15. The lowest BCUT2D eigenvalue weighted by Gasteiger charge is -2.55. The van der Waals surface area contributed by atoms with Crippen LogP contribution in [-0.2, 0) is 25.9 Å². The van der Waals surface area contributed by atoms with E-state index in [1.54, 1.807) is 13.2 Å². The summed E-state index contributed by atoms with van der Waals surface area (Å²) in [6.45, 7) is 7.62. The number of likely N-dealkylation sites (tertiary alicyclic amines) is 1. The molecule has 1 N–H and O–H groups in total. The van der Waals surface area contributed by atoms with Gasteiger partial charge in [-0.15, -0.1) is 6.58 Å². The molecule has 1 aliphatic carbocycles. The van der Waals surface area contributed by atoms with Crippen LogP contribution in [0.3, 0.4) is 0 Å². The van der Waals surface area contributed by atoms with Crippen molar-refractivity contribution >= 4 is 18.0 Å². The maximum absolute atomic E-state index is 13.1. The lowest BCUT2D eigenvalue weighted by Crippen LogP contribution is -2.61. The maximum Gasteiger partial charge on any atom is 0.416 e. The molecule has 2 aliphatic rings. The highest BCUT2D eigenvalue weighted by molar-refractivity contribution is 5.92. The quantitative estimate of drug-likeness (QED) is 0.205. The highest BCUT2D eigenvalue weighted by atomic mass is 19.4. The first-order valence-corrected chi connectivity index (χ1v) is 13.3. The van der Waals surface area contributed by atoms with Crippen molar-refractivity contribution in [2.24, 2.45) is 5.92 Å². The number of ether oxygens (including phenoxy) is 2. The number of hydrogen-bond donors (Lipinski definition) is 1. The van der Waals surface area contributed by atoms with Crippen LogP contribution in [0.1, 0.15) is 42.9 Å². The van der Waals surface area contributed by atoms with Gasteiger partial charge in [0.15, 0.2) is 0 Å². The summed E-state index contributed by atoms with van der Waals surface area (Å²) in [7, 11) is 1.68. The van der Waals surface area contributed by atoms with Crippen LogP contribution in [0.25, 0.3) is 6.08 Å². The summed E-state index contributed by atoms with van der Waals surface area (Å²) < 4.78 is 50.6. The predicted molar refractivity (Wildman–Crippen MR) is 147 cm³/mol. The van der Waals surface area contributed by atoms with E-state index in [2.05, 4.69) is 16.8 Å². The number of hydrogen-bond acceptors (Lipinski definition) is 5. The van der Waals surface area contributed by atoms with E-state index >= 15 is 0 Å². The lowest BCUT2D eigenvalue weighted by atomic mass is 9.57. The lowest BCUT2D eigenvalue weighted by molar-refractivity contribution is -0.137. The largest absolute Gasteiger partial charge is 0.427 e. The summed E-state index contributed by atoms with van der Waals surface area (Å²) in [6, 6.07) is 12.2. The average Bonchev–Trinajstić information content (AvgIpc) is 2.91. The van der Waals surface area contributed by atoms with Crippen LogP contribution in [0.2, 0.25) is 0 Å². The first-order chi connectivity index (χ1) is 19.0. The Morgan fingerprint density at radius 3 is 2.67 bits per heavy atom. The molecule has 2 fully saturated rings. The molecule has 0 spiro atoms. The van der Waals surface area contributed by atoms with E-state index in [9.17, 15) is 22.8 Å². The summed E-state index contributed by atoms with van der Waals surface area (Å²) in [4.78, 5) is 26.9. The number of halogens is 3. The van der Waals surface area contributed by atoms with E-state index in [0.717, 1.165) is 43.8 Å². The number of carbonyl (C=O) groups excluding carboxylic acids is 2. The van der Waals surface area contributed by atoms with Crippen molar-refractivity contribution < 1.29 is 32.2 Å². The normalized spacial score (nSPS) is 25.3. The van der Waals surface area contributed by atoms with Crippen molar-refractivity contribution in [2.45, 2.75) is 49.9 Å². The standard InChI is InChI=1S/C31H35F3N2O4/c1-4-14-36-15-13-30(23-8-6-10-26(17-23)40-21(2)37)19-25(18-28(39-3)27(30)20-36)35-29(38)12-11-22-7-5-9-24(16-22)31(32,33)34/h4-12,16-17,25,27-28H,1,13-15,18-20H2,2-3H3,(H,35,38). The zero-order chi connectivity index (χ0) is 28.9. The minimum atomic E-state index is -4.46. The molecule has 1 saturated heterocycles. The van der Waals surface area contributed by atoms with Gasteiger partial charge < -0.3 is 14.8 Å². The molecule has 6 nitrogen and oxygen atoms in total. The second-order valence-corrected chi connectivity index (χ2v) is 10.6. The van der Waals surface area contributed by atoms with E-state index < -0.39 is 17.7 Å². The second-order valence-electron chi connectivity index (χ2n) is 10.6. The van der Waals surface area contributed by atoms with Crippen molar-refractivity contribution in [3.05, 3.63) is 84.0 Å². The van der Waals surface area contributed by atoms with Crippen LogP contribution in [0.15, 0.2) is 67.3 Å². The molecule has 4 rings (SSSR count). The number of nitrogens with zero attached hydrogens (tertiary/aromatic N) is 1. The Morgan fingerprint density at radius 2 is 1.98 bits per heavy atom. The Bertz CT molecular complexity index is 1260. The molecular weight excluding hydrogens is 521 g/mol. The Hall–Kier alpha value is -3.43. The molecule has 4 atom stereocenters. The number of nitrogens with one attached hydrogen (secondary N) is 1. The molecule has 1 heterocycles. The first-order valence-electron chi connectivity index (χ1n) is 13.3. The number of piperidine rings is 1. The van der Waals surface area contributed by atoms with Gasteiger partial charge in [0, 0.05) is 50.6 Å². The SMILES string of the molecule is C=CCN1CCC2(c3cccc(OC(C)=O)c3)CC(NC(=O)C=Cc3cccc(C(F)(F)F)c3)CC(OC)C2C1. The van der Waals surface area contributed by atoms with Crippen LogP contribution < -0.4 is 10.1 Å². The molecule has 214 valence electrons. The third kappa shape index (κ3) is 6.82. The highest BCUT2D eigenvalue weighted by Crippen LogP contribution is 2.50. The molecule has 2 aromatic carbocycles. The third-order valence-electron chi connectivity index (χ3n) is 7.96. The van der Waals surface area contributed by atoms with Gasteiger partial charge in [0.05, 0.1) is 11.7 Å². The van der Waals surface area contributed by atoms with Crippen LogP contribution in [-0.4, -0.2) is 55.7 Å². The number of carbonyl (C=O) groups is 2. The van der Waals surface area contributed by atoms with Gasteiger partial charge in [-0.2, -0.15) is 13.2 Å². The fourth-order valence-electron chi connectivity index (χ4n) is 6.25. The monoisotopic (exact) mass is 556 g/mol. The number of amides is 1. The molecule has 9 heteroatoms. The first kappa shape index (κ1) is 29.6. The Balaban J connectivity index is 1.59. The second kappa shape index (κ2) is 12.4. The number of methoxy groups -OCH3 is 1. The summed E-state index contributed by atoms with van der Waals surface area (Å²) in [5, 5.41) is 3.07. The van der Waals surface area contributed by atoms with E-state index in [0.29, 0.717) is 18.6 Å². The van der Waals surface area contributed by atoms with E-state index in [1.807, 2.05) is 24.3 Å². The fourth-order valence-corrected chi connectivity index (χ4v) is 6.25. The van der Waals surface area contributed by atoms with Gasteiger partial charge in [0.1, 0.15) is 5.75 Å². The van der Waals surface area contributed by atoms with Crippen molar-refractivity contribution in [3.8, 4) is 5.75 Å². The van der Waals surface area contributed by atoms with Gasteiger partial charge in [-0.25, -0.2) is 0 Å². The van der Waals surface area contributed by atoms with Gasteiger partial charge in [0.25, 0.3) is 0 Å². The molecular formula is C31H35F3N2O4. The number of esters is 1.